The van der Waals surface area contributed by atoms with Gasteiger partial charge in [0.2, 0.25) is 0 Å². The maximum atomic E-state index is 5.24. The van der Waals surface area contributed by atoms with Crippen LogP contribution in [0.25, 0.3) is 0 Å². The minimum absolute atomic E-state index is 0.581. The van der Waals surface area contributed by atoms with E-state index in [1.54, 1.807) is 0 Å². The van der Waals surface area contributed by atoms with Crippen molar-refractivity contribution in [3.8, 4) is 0 Å². The van der Waals surface area contributed by atoms with Gasteiger partial charge < -0.3 is 0 Å². The van der Waals surface area contributed by atoms with Crippen molar-refractivity contribution in [2.24, 2.45) is 4.99 Å². The Balaban J connectivity index is 2.18. The van der Waals surface area contributed by atoms with Crippen LogP contribution in [0.1, 0.15) is 33.1 Å². The molecule has 0 spiro atoms. The molecule has 3 nitrogen and oxygen atoms in total. The van der Waals surface area contributed by atoms with Gasteiger partial charge in [0, 0.05) is 12.3 Å². The van der Waals surface area contributed by atoms with Crippen LogP contribution in [-0.2, 0) is 4.84 Å². The average Bonchev–Trinajstić information content (AvgIpc) is 2.13. The van der Waals surface area contributed by atoms with Crippen LogP contribution in [0.4, 0.5) is 0 Å². The number of allylic oxidation sites excluding steroid dienone is 1. The smallest absolute Gasteiger partial charge is 0.110 e. The highest BCUT2D eigenvalue weighted by molar-refractivity contribution is 5.83. The molecule has 0 amide bonds. The first-order chi connectivity index (χ1) is 6.33. The molecule has 0 aliphatic carbocycles. The van der Waals surface area contributed by atoms with E-state index in [9.17, 15) is 0 Å². The third kappa shape index (κ3) is 4.20. The van der Waals surface area contributed by atoms with Crippen LogP contribution in [0.2, 0.25) is 0 Å². The number of hydrogen-bond donors (Lipinski definition) is 1. The van der Waals surface area contributed by atoms with Crippen molar-refractivity contribution in [2.75, 3.05) is 13.2 Å². The largest absolute Gasteiger partial charge is 0.295 e. The summed E-state index contributed by atoms with van der Waals surface area (Å²) in [6.07, 6.45) is 5.41. The van der Waals surface area contributed by atoms with Crippen LogP contribution >= 0.6 is 0 Å². The summed E-state index contributed by atoms with van der Waals surface area (Å²) >= 11 is 0. The second kappa shape index (κ2) is 5.89. The Kier molecular flexibility index (Phi) is 4.72. The lowest BCUT2D eigenvalue weighted by atomic mass is 10.1. The molecule has 0 saturated heterocycles. The predicted octanol–water partition coefficient (Wildman–Crippen LogP) is 2.06. The Hall–Kier alpha value is -0.670. The molecule has 1 N–H and O–H groups in total. The Morgan fingerprint density at radius 3 is 3.15 bits per heavy atom. The van der Waals surface area contributed by atoms with Crippen LogP contribution < -0.4 is 5.48 Å². The highest BCUT2D eigenvalue weighted by atomic mass is 16.6. The number of nitrogens with zero attached hydrogens (tertiary/aromatic N) is 1. The Morgan fingerprint density at radius 1 is 1.62 bits per heavy atom. The topological polar surface area (TPSA) is 33.6 Å². The second-order valence-electron chi connectivity index (χ2n) is 3.26. The van der Waals surface area contributed by atoms with E-state index in [-0.39, 0.29) is 0 Å². The molecule has 13 heavy (non-hydrogen) atoms. The Bertz CT molecular complexity index is 209. The molecule has 0 atom stereocenters. The monoisotopic (exact) mass is 182 g/mol. The van der Waals surface area contributed by atoms with Gasteiger partial charge in [0.1, 0.15) is 6.61 Å². The van der Waals surface area contributed by atoms with E-state index in [2.05, 4.69) is 30.4 Å². The van der Waals surface area contributed by atoms with E-state index in [0.717, 1.165) is 31.5 Å². The number of nitrogens with one attached hydrogen (secondary N) is 1. The van der Waals surface area contributed by atoms with Crippen molar-refractivity contribution in [3.05, 3.63) is 11.8 Å². The van der Waals surface area contributed by atoms with Gasteiger partial charge in [-0.05, 0) is 26.2 Å². The van der Waals surface area contributed by atoms with Gasteiger partial charge in [0.15, 0.2) is 0 Å². The van der Waals surface area contributed by atoms with Gasteiger partial charge in [-0.25, -0.2) is 5.48 Å². The number of rotatable bonds is 5. The minimum Gasteiger partial charge on any atom is -0.295 e. The fraction of sp³-hybridized carbons (Fsp3) is 0.700. The van der Waals surface area contributed by atoms with Crippen molar-refractivity contribution >= 4 is 5.71 Å². The molecule has 0 aromatic rings. The first kappa shape index (κ1) is 10.4. The molecular weight excluding hydrogens is 164 g/mol. The molecule has 1 aliphatic rings. The third-order valence-corrected chi connectivity index (χ3v) is 1.89. The summed E-state index contributed by atoms with van der Waals surface area (Å²) in [6.45, 7) is 5.65. The van der Waals surface area contributed by atoms with Gasteiger partial charge >= 0.3 is 0 Å². The van der Waals surface area contributed by atoms with Crippen LogP contribution in [-0.4, -0.2) is 18.9 Å². The van der Waals surface area contributed by atoms with E-state index in [4.69, 9.17) is 4.84 Å². The van der Waals surface area contributed by atoms with E-state index in [1.807, 2.05) is 0 Å². The maximum Gasteiger partial charge on any atom is 0.110 e. The Morgan fingerprint density at radius 2 is 2.46 bits per heavy atom. The first-order valence-electron chi connectivity index (χ1n) is 4.90. The zero-order chi connectivity index (χ0) is 9.52. The van der Waals surface area contributed by atoms with Gasteiger partial charge in [0.25, 0.3) is 0 Å². The first-order valence-corrected chi connectivity index (χ1v) is 4.90. The summed E-state index contributed by atoms with van der Waals surface area (Å²) in [5.41, 5.74) is 5.14. The van der Waals surface area contributed by atoms with Gasteiger partial charge in [-0.3, -0.25) is 9.83 Å². The molecule has 0 fully saturated rings. The molecule has 1 heterocycles. The molecule has 0 aromatic carbocycles. The molecule has 1 aliphatic heterocycles. The molecule has 0 aromatic heterocycles. The quantitative estimate of drug-likeness (QED) is 0.521. The van der Waals surface area contributed by atoms with Crippen LogP contribution in [0, 0.1) is 0 Å². The van der Waals surface area contributed by atoms with E-state index in [1.165, 1.54) is 5.71 Å². The van der Waals surface area contributed by atoms with Gasteiger partial charge in [-0.2, -0.15) is 0 Å². The molecule has 3 heteroatoms. The highest BCUT2D eigenvalue weighted by Crippen LogP contribution is 2.10. The van der Waals surface area contributed by atoms with Crippen LogP contribution in [0.3, 0.4) is 0 Å². The highest BCUT2D eigenvalue weighted by Gasteiger charge is 2.02. The Labute approximate surface area is 79.8 Å². The number of hydrogen-bond acceptors (Lipinski definition) is 3. The summed E-state index contributed by atoms with van der Waals surface area (Å²) in [6, 6.07) is 0. The summed E-state index contributed by atoms with van der Waals surface area (Å²) in [7, 11) is 0. The third-order valence-electron chi connectivity index (χ3n) is 1.89. The minimum atomic E-state index is 0.581. The van der Waals surface area contributed by atoms with Gasteiger partial charge in [-0.15, -0.1) is 0 Å². The standard InChI is InChI=1S/C10H18N2O/c1-3-7-11-13-8-10-6-4-5-9(2)12-10/h6,11H,3-5,7-8H2,1-2H3. The van der Waals surface area contributed by atoms with Crippen molar-refractivity contribution in [3.63, 3.8) is 0 Å². The summed E-state index contributed by atoms with van der Waals surface area (Å²) in [5.74, 6) is 0. The second-order valence-corrected chi connectivity index (χ2v) is 3.26. The number of hydroxylamine groups is 1. The van der Waals surface area contributed by atoms with Crippen LogP contribution in [0.5, 0.6) is 0 Å². The normalized spacial score (nSPS) is 16.8. The van der Waals surface area contributed by atoms with Crippen molar-refractivity contribution in [1.82, 2.24) is 5.48 Å². The van der Waals surface area contributed by atoms with Gasteiger partial charge in [-0.1, -0.05) is 13.0 Å². The van der Waals surface area contributed by atoms with E-state index in [0.29, 0.717) is 6.61 Å². The molecular formula is C10H18N2O. The summed E-state index contributed by atoms with van der Waals surface area (Å²) in [5, 5.41) is 0. The van der Waals surface area contributed by atoms with Crippen molar-refractivity contribution < 1.29 is 4.84 Å². The van der Waals surface area contributed by atoms with Crippen molar-refractivity contribution in [1.29, 1.82) is 0 Å². The van der Waals surface area contributed by atoms with Crippen LogP contribution in [0.15, 0.2) is 16.8 Å². The molecule has 74 valence electrons. The summed E-state index contributed by atoms with van der Waals surface area (Å²) in [4.78, 5) is 9.63. The molecule has 0 radical (unpaired) electrons. The maximum absolute atomic E-state index is 5.24. The van der Waals surface area contributed by atoms with E-state index < -0.39 is 0 Å². The fourth-order valence-corrected chi connectivity index (χ4v) is 1.18. The lowest BCUT2D eigenvalue weighted by Crippen LogP contribution is -2.17. The lowest BCUT2D eigenvalue weighted by molar-refractivity contribution is 0.0574. The SMILES string of the molecule is CCCNOCC1=CCCC(C)=N1. The van der Waals surface area contributed by atoms with Crippen molar-refractivity contribution in [2.45, 2.75) is 33.1 Å². The molecule has 0 saturated carbocycles. The average molecular weight is 182 g/mol. The van der Waals surface area contributed by atoms with E-state index >= 15 is 0 Å². The molecule has 1 rings (SSSR count). The zero-order valence-electron chi connectivity index (χ0n) is 8.47. The number of aliphatic imine (C=N–C) groups is 1. The fourth-order valence-electron chi connectivity index (χ4n) is 1.18. The lowest BCUT2D eigenvalue weighted by Gasteiger charge is -2.10. The molecule has 0 unspecified atom stereocenters. The van der Waals surface area contributed by atoms with Gasteiger partial charge in [0.05, 0.1) is 5.70 Å². The molecule has 0 bridgehead atoms. The summed E-state index contributed by atoms with van der Waals surface area (Å²) < 4.78 is 0. The zero-order valence-corrected chi connectivity index (χ0v) is 8.47. The predicted molar refractivity (Wildman–Crippen MR) is 54.7 cm³/mol.